The Morgan fingerprint density at radius 3 is 1.82 bits per heavy atom. The number of aliphatic hydroxyl groups excluding tert-OH is 1. The third-order valence-corrected chi connectivity index (χ3v) is 27.2. The Morgan fingerprint density at radius 2 is 1.12 bits per heavy atom. The van der Waals surface area contributed by atoms with Crippen LogP contribution in [0.1, 0.15) is 107 Å². The van der Waals surface area contributed by atoms with Crippen LogP contribution in [-0.4, -0.2) is 69.5 Å². The Kier molecular flexibility index (Phi) is 29.8. The Bertz CT molecular complexity index is 8570. The number of carbonyl (C=O) groups is 1. The molecule has 19 heteroatoms. The maximum atomic E-state index is 11.8. The van der Waals surface area contributed by atoms with Gasteiger partial charge < -0.3 is 38.5 Å². The molecule has 0 spiro atoms. The molecule has 147 heavy (non-hydrogen) atoms. The van der Waals surface area contributed by atoms with Gasteiger partial charge in [-0.2, -0.15) is 4.57 Å². The molecular weight excluding hydrogens is 2170 g/mol. The van der Waals surface area contributed by atoms with Gasteiger partial charge in [0.15, 0.2) is 11.4 Å². The van der Waals surface area contributed by atoms with Crippen LogP contribution in [-0.2, 0) is 70.9 Å². The van der Waals surface area contributed by atoms with Crippen molar-refractivity contribution in [3.8, 4) is 73.1 Å². The number of aromatic nitrogens is 8. The molecular formula is C128H109Ir2N12O5-. The fourth-order valence-electron chi connectivity index (χ4n) is 20.5. The molecule has 2 unspecified atom stereocenters. The molecule has 1 N–H and O–H groups in total. The average molecular weight is 2280 g/mol. The fraction of sp³-hybridized carbons (Fsp3) is 0.141. The number of nitrogens with zero attached hydrogens (tertiary/aromatic N) is 12. The van der Waals surface area contributed by atoms with Gasteiger partial charge in [-0.1, -0.05) is 276 Å². The average Bonchev–Trinajstić information content (AvgIpc) is 1.54. The van der Waals surface area contributed by atoms with Crippen molar-refractivity contribution in [2.45, 2.75) is 112 Å². The summed E-state index contributed by atoms with van der Waals surface area (Å²) in [5, 5.41) is 22.9. The summed E-state index contributed by atoms with van der Waals surface area (Å²) < 4.78 is 18.5. The molecule has 14 heterocycles. The molecule has 21 aromatic rings. The molecule has 7 aliphatic rings. The molecule has 14 aromatic carbocycles. The number of carbonyl (C=O) groups excluding carboxylic acids is 1. The number of furan rings is 1. The van der Waals surface area contributed by atoms with Crippen molar-refractivity contribution in [3.05, 3.63) is 487 Å². The Balaban J connectivity index is 0.000000108. The number of allylic oxidation sites excluding steroid dienone is 5. The minimum atomic E-state index is -0.414. The number of fused-ring (bicyclic) bond motifs is 20. The van der Waals surface area contributed by atoms with Crippen molar-refractivity contribution < 1.29 is 68.2 Å². The van der Waals surface area contributed by atoms with Crippen LogP contribution in [0.4, 0.5) is 11.4 Å². The number of likely N-dealkylation sites (N-methyl/N-ethyl adjacent to an activating group) is 1. The summed E-state index contributed by atoms with van der Waals surface area (Å²) in [4.78, 5) is 46.5. The minimum Gasteiger partial charge on any atom is -0.512 e. The van der Waals surface area contributed by atoms with E-state index in [1.807, 2.05) is 109 Å². The van der Waals surface area contributed by atoms with Crippen LogP contribution in [0, 0.1) is 18.2 Å². The van der Waals surface area contributed by atoms with Gasteiger partial charge in [0.05, 0.1) is 33.8 Å². The van der Waals surface area contributed by atoms with Crippen molar-refractivity contribution >= 4 is 93.5 Å². The monoisotopic (exact) mass is 2280 g/mol. The standard InChI is InChI=1S/C27H18N.C22H25N2.C18H16N3.C17H14N2O.C14H12N2.C14H8NO2.C11H8N.C5H8O2.2Ir/c1-4-10-20(11-5-1)23-16-17-26-25(18-23)24(21-12-6-2-7-13-21)19-27(28-26)22-14-8-3-9-15-22;1-15(2)18-10-7-11-19(16(3)4)21(18)24-13-12-23-14-17-8-5-6-9-20(17)22(23)24;1-11(2)21-19-17-15-8-4-3-7-13(15)14-9-5-6-12-10-20(21)18(17)16(12)14;1-18-8-9-19-15(18)10-11-6-7-13-12-4-2-3-5-14(12)20-17(13)16(11)19;1-2-7-13-11(5-1)9-14-15-8-4-3-6-12(15)10-16(13)14;16-14-11(12-6-3-4-8-15-12)9-10-5-1-2-7-13(10)17-14;1-2-6-10(7-3-1)11-8-4-5-9-12-11;1-4(6)3-5(2)7;;/h1-14,16-19H;5-13,15-16H,14H2,1-4H3;3-9,11H,10H2,1-2H3;2-9,15H,10H2,1H3;1-8,10,14H,9H2;1-8H;1-6,8-9H;3,6H,1-2H3;;/q-1;2*+1;;;2*-1;;;. The van der Waals surface area contributed by atoms with E-state index in [4.69, 9.17) is 24.0 Å². The zero-order chi connectivity index (χ0) is 99.3. The Labute approximate surface area is 882 Å². The van der Waals surface area contributed by atoms with E-state index in [-0.39, 0.29) is 51.8 Å². The van der Waals surface area contributed by atoms with E-state index >= 15 is 0 Å². The molecule has 730 valence electrons. The quantitative estimate of drug-likeness (QED) is 0.0344. The van der Waals surface area contributed by atoms with Crippen LogP contribution < -0.4 is 24.7 Å². The van der Waals surface area contributed by atoms with Gasteiger partial charge in [0, 0.05) is 169 Å². The number of aliphatic hydroxyl groups is 1. The van der Waals surface area contributed by atoms with E-state index in [9.17, 15) is 9.59 Å². The first-order chi connectivity index (χ1) is 70.9. The first-order valence-electron chi connectivity index (χ1n) is 49.5. The van der Waals surface area contributed by atoms with E-state index in [1.165, 1.54) is 148 Å². The van der Waals surface area contributed by atoms with Crippen molar-refractivity contribution in [3.63, 3.8) is 0 Å². The SMILES string of the molecule is C1=CC2=CN3c4ccccc4CC3N2C=C1.CC(=O)C=C(C)O.CC(C)c1cccc(C(C)C)c1-n1cc[n+]2c1-c1ccccc1C2.CC(C)n1nc2c3ccccc3c3cccc4c3c2[n+]1C4.CN1C=CN2c3c(ccc4c3oc3ccccc34)CC12.O=c1oc2ccccc2[c-]c1-c1ccccn1.[Ir].[Ir].[c-]1ccccc1-c1cc(-c2ccccc2)c2cc(-c3ccccc3)ccc2n1.[c-]1ccccc1-c1ccccn1. The van der Waals surface area contributed by atoms with Gasteiger partial charge >= 0.3 is 0 Å². The molecule has 2 atom stereocenters. The summed E-state index contributed by atoms with van der Waals surface area (Å²) in [7, 11) is 2.13. The minimum absolute atomic E-state index is 0. The molecule has 17 nitrogen and oxygen atoms in total. The van der Waals surface area contributed by atoms with Crippen LogP contribution in [0.5, 0.6) is 0 Å². The van der Waals surface area contributed by atoms with E-state index in [0.717, 1.165) is 81.4 Å². The summed E-state index contributed by atoms with van der Waals surface area (Å²) >= 11 is 0. The first-order valence-corrected chi connectivity index (χ1v) is 49.5. The zero-order valence-electron chi connectivity index (χ0n) is 83.1. The smallest absolute Gasteiger partial charge is 0.294 e. The normalized spacial score (nSPS) is 14.0. The van der Waals surface area contributed by atoms with Crippen molar-refractivity contribution in [1.82, 2.24) is 39.2 Å². The molecule has 0 saturated heterocycles. The molecule has 28 rings (SSSR count). The maximum Gasteiger partial charge on any atom is 0.294 e. The van der Waals surface area contributed by atoms with Gasteiger partial charge in [-0.05, 0) is 166 Å². The second-order valence-electron chi connectivity index (χ2n) is 37.8. The summed E-state index contributed by atoms with van der Waals surface area (Å²) in [5.74, 6) is 2.24. The molecule has 0 amide bonds. The van der Waals surface area contributed by atoms with E-state index < -0.39 is 5.63 Å². The van der Waals surface area contributed by atoms with Gasteiger partial charge in [0.25, 0.3) is 17.0 Å². The van der Waals surface area contributed by atoms with Crippen molar-refractivity contribution in [1.29, 1.82) is 0 Å². The van der Waals surface area contributed by atoms with Crippen LogP contribution >= 0.6 is 0 Å². The summed E-state index contributed by atoms with van der Waals surface area (Å²) in [6, 6.07) is 126. The second kappa shape index (κ2) is 44.0. The van der Waals surface area contributed by atoms with E-state index in [0.29, 0.717) is 47.0 Å². The van der Waals surface area contributed by atoms with Crippen molar-refractivity contribution in [2.24, 2.45) is 0 Å². The number of anilines is 2. The summed E-state index contributed by atoms with van der Waals surface area (Å²) in [5.41, 5.74) is 30.3. The predicted octanol–water partition coefficient (Wildman–Crippen LogP) is 28.2. The Morgan fingerprint density at radius 1 is 0.497 bits per heavy atom. The van der Waals surface area contributed by atoms with Gasteiger partial charge in [0.1, 0.15) is 55.1 Å². The summed E-state index contributed by atoms with van der Waals surface area (Å²) in [6.45, 7) is 18.3. The molecule has 0 fully saturated rings. The molecule has 0 aliphatic carbocycles. The largest absolute Gasteiger partial charge is 0.512 e. The second-order valence-corrected chi connectivity index (χ2v) is 37.8. The zero-order valence-corrected chi connectivity index (χ0v) is 87.9. The number of para-hydroxylation sites is 4. The number of benzene rings is 14. The maximum absolute atomic E-state index is 11.8. The molecule has 0 bridgehead atoms. The number of hydrogen-bond acceptors (Lipinski definition) is 13. The Hall–Kier alpha value is -16.4. The van der Waals surface area contributed by atoms with Crippen LogP contribution in [0.25, 0.3) is 149 Å². The van der Waals surface area contributed by atoms with Crippen molar-refractivity contribution in [2.75, 3.05) is 16.8 Å². The molecule has 2 radical (unpaired) electrons. The van der Waals surface area contributed by atoms with E-state index in [1.54, 1.807) is 30.6 Å². The predicted molar refractivity (Wildman–Crippen MR) is 585 cm³/mol. The molecule has 7 aliphatic heterocycles. The number of rotatable bonds is 10. The van der Waals surface area contributed by atoms with Gasteiger partial charge in [-0.3, -0.25) is 19.6 Å². The van der Waals surface area contributed by atoms with Gasteiger partial charge in [-0.15, -0.1) is 88.6 Å². The third-order valence-electron chi connectivity index (χ3n) is 27.2. The van der Waals surface area contributed by atoms with Gasteiger partial charge in [-0.25, -0.2) is 4.57 Å². The number of ketones is 1. The number of pyridine rings is 3. The summed E-state index contributed by atoms with van der Waals surface area (Å²) in [6.07, 6.45) is 27.1. The topological polar surface area (TPSA) is 163 Å². The van der Waals surface area contributed by atoms with Crippen LogP contribution in [0.15, 0.2) is 439 Å². The molecule has 7 aromatic heterocycles. The first kappa shape index (κ1) is 99.3. The number of imidazole rings is 1. The van der Waals surface area contributed by atoms with Crippen LogP contribution in [0.3, 0.4) is 0 Å². The molecule has 0 saturated carbocycles. The fourth-order valence-corrected chi connectivity index (χ4v) is 20.5. The van der Waals surface area contributed by atoms with E-state index in [2.05, 4.69) is 383 Å². The van der Waals surface area contributed by atoms with Gasteiger partial charge in [0.2, 0.25) is 5.52 Å². The third kappa shape index (κ3) is 20.4. The van der Waals surface area contributed by atoms with Crippen LogP contribution in [0.2, 0.25) is 0 Å². The number of hydrogen-bond donors (Lipinski definition) is 1.